The number of thioether (sulfide) groups is 1. The minimum Gasteiger partial charge on any atom is -0.450 e. The molecule has 0 aromatic carbocycles. The first-order valence-corrected chi connectivity index (χ1v) is 6.71. The number of alkyl halides is 3. The van der Waals surface area contributed by atoms with Crippen molar-refractivity contribution in [1.82, 2.24) is 5.32 Å². The number of hydrogen-bond donors (Lipinski definition) is 1. The molecule has 0 aliphatic rings. The van der Waals surface area contributed by atoms with Crippen molar-refractivity contribution in [3.63, 3.8) is 0 Å². The zero-order chi connectivity index (χ0) is 11.9. The number of amides is 1. The molecule has 0 aliphatic heterocycles. The number of carbonyl (C=O) groups excluding carboxylic acids is 1. The van der Waals surface area contributed by atoms with Gasteiger partial charge < -0.3 is 10.1 Å². The second-order valence-electron chi connectivity index (χ2n) is 2.66. The van der Waals surface area contributed by atoms with Crippen molar-refractivity contribution in [2.24, 2.45) is 0 Å². The minimum atomic E-state index is -1.54. The van der Waals surface area contributed by atoms with E-state index in [-0.39, 0.29) is 6.61 Å². The lowest BCUT2D eigenvalue weighted by Gasteiger charge is -2.24. The van der Waals surface area contributed by atoms with Crippen LogP contribution in [-0.2, 0) is 4.74 Å². The highest BCUT2D eigenvalue weighted by atomic mass is 35.6. The molecule has 0 bridgehead atoms. The largest absolute Gasteiger partial charge is 0.450 e. The lowest BCUT2D eigenvalue weighted by molar-refractivity contribution is 0.151. The second-order valence-corrected chi connectivity index (χ2v) is 6.24. The zero-order valence-electron chi connectivity index (χ0n) is 8.56. The van der Waals surface area contributed by atoms with Crippen LogP contribution in [0.5, 0.6) is 0 Å². The predicted molar refractivity (Wildman–Crippen MR) is 67.0 cm³/mol. The topological polar surface area (TPSA) is 38.3 Å². The molecule has 3 nitrogen and oxygen atoms in total. The quantitative estimate of drug-likeness (QED) is 0.622. The van der Waals surface area contributed by atoms with E-state index in [2.05, 4.69) is 5.32 Å². The summed E-state index contributed by atoms with van der Waals surface area (Å²) in [6, 6.07) is 0. The van der Waals surface area contributed by atoms with Gasteiger partial charge in [0.15, 0.2) is 0 Å². The lowest BCUT2D eigenvalue weighted by Crippen LogP contribution is -2.41. The third-order valence-corrected chi connectivity index (χ3v) is 3.80. The van der Waals surface area contributed by atoms with E-state index >= 15 is 0 Å². The van der Waals surface area contributed by atoms with Crippen LogP contribution in [0, 0.1) is 0 Å². The average molecular weight is 295 g/mol. The fourth-order valence-corrected chi connectivity index (χ4v) is 2.30. The molecule has 0 rings (SSSR count). The minimum absolute atomic E-state index is 0.289. The molecular formula is C8H14Cl3NO2S. The lowest BCUT2D eigenvalue weighted by atomic mass is 10.6. The van der Waals surface area contributed by atoms with E-state index in [0.717, 1.165) is 12.2 Å². The number of ether oxygens (including phenoxy) is 1. The first-order chi connectivity index (χ1) is 6.91. The molecule has 0 spiro atoms. The SMILES string of the molecule is CCCS[C@H](NC(=O)OCC)C(Cl)(Cl)Cl. The maximum absolute atomic E-state index is 11.1. The van der Waals surface area contributed by atoms with Gasteiger partial charge in [-0.25, -0.2) is 4.79 Å². The van der Waals surface area contributed by atoms with Crippen molar-refractivity contribution in [1.29, 1.82) is 0 Å². The first kappa shape index (κ1) is 15.5. The number of alkyl carbamates (subject to hydrolysis) is 1. The van der Waals surface area contributed by atoms with E-state index in [0.29, 0.717) is 0 Å². The summed E-state index contributed by atoms with van der Waals surface area (Å²) >= 11 is 18.5. The third-order valence-electron chi connectivity index (χ3n) is 1.31. The highest BCUT2D eigenvalue weighted by Gasteiger charge is 2.34. The van der Waals surface area contributed by atoms with Crippen molar-refractivity contribution < 1.29 is 9.53 Å². The molecular weight excluding hydrogens is 281 g/mol. The van der Waals surface area contributed by atoms with Crippen molar-refractivity contribution in [3.8, 4) is 0 Å². The Kier molecular flexibility index (Phi) is 7.96. The first-order valence-electron chi connectivity index (χ1n) is 4.53. The molecule has 0 heterocycles. The number of halogens is 3. The summed E-state index contributed by atoms with van der Waals surface area (Å²) in [6.07, 6.45) is 0.365. The molecule has 7 heteroatoms. The summed E-state index contributed by atoms with van der Waals surface area (Å²) in [7, 11) is 0. The Hall–Kier alpha value is 0.490. The van der Waals surface area contributed by atoms with Crippen LogP contribution in [0.3, 0.4) is 0 Å². The van der Waals surface area contributed by atoms with Crippen LogP contribution in [0.2, 0.25) is 0 Å². The van der Waals surface area contributed by atoms with E-state index in [9.17, 15) is 4.79 Å². The highest BCUT2D eigenvalue weighted by molar-refractivity contribution is 8.00. The van der Waals surface area contributed by atoms with Crippen LogP contribution in [0.4, 0.5) is 4.79 Å². The molecule has 0 saturated carbocycles. The maximum Gasteiger partial charge on any atom is 0.408 e. The summed E-state index contributed by atoms with van der Waals surface area (Å²) in [5.74, 6) is 0.797. The fourth-order valence-electron chi connectivity index (χ4n) is 0.733. The van der Waals surface area contributed by atoms with Crippen LogP contribution in [0.25, 0.3) is 0 Å². The molecule has 0 radical (unpaired) electrons. The Morgan fingerprint density at radius 2 is 2.07 bits per heavy atom. The Morgan fingerprint density at radius 3 is 2.47 bits per heavy atom. The summed E-state index contributed by atoms with van der Waals surface area (Å²) in [5, 5.41) is 1.90. The smallest absolute Gasteiger partial charge is 0.408 e. The van der Waals surface area contributed by atoms with Gasteiger partial charge in [0.05, 0.1) is 6.61 Å². The van der Waals surface area contributed by atoms with Crippen molar-refractivity contribution >= 4 is 52.7 Å². The van der Waals surface area contributed by atoms with Gasteiger partial charge in [-0.2, -0.15) is 0 Å². The zero-order valence-corrected chi connectivity index (χ0v) is 11.6. The van der Waals surface area contributed by atoms with E-state index in [1.807, 2.05) is 6.92 Å². The number of nitrogens with one attached hydrogen (secondary N) is 1. The maximum atomic E-state index is 11.1. The van der Waals surface area contributed by atoms with Gasteiger partial charge in [-0.05, 0) is 19.1 Å². The van der Waals surface area contributed by atoms with Gasteiger partial charge in [0.25, 0.3) is 0 Å². The van der Waals surface area contributed by atoms with Gasteiger partial charge >= 0.3 is 6.09 Å². The van der Waals surface area contributed by atoms with Crippen LogP contribution < -0.4 is 5.32 Å². The Bertz CT molecular complexity index is 199. The summed E-state index contributed by atoms with van der Waals surface area (Å²) in [4.78, 5) is 11.1. The van der Waals surface area contributed by atoms with Crippen molar-refractivity contribution in [3.05, 3.63) is 0 Å². The number of carbonyl (C=O) groups is 1. The average Bonchev–Trinajstić information content (AvgIpc) is 2.10. The molecule has 1 N–H and O–H groups in total. The van der Waals surface area contributed by atoms with Crippen LogP contribution >= 0.6 is 46.6 Å². The highest BCUT2D eigenvalue weighted by Crippen LogP contribution is 2.36. The van der Waals surface area contributed by atoms with Crippen molar-refractivity contribution in [2.75, 3.05) is 12.4 Å². The van der Waals surface area contributed by atoms with E-state index in [1.54, 1.807) is 6.92 Å². The van der Waals surface area contributed by atoms with E-state index < -0.39 is 15.3 Å². The van der Waals surface area contributed by atoms with Gasteiger partial charge in [-0.15, -0.1) is 11.8 Å². The van der Waals surface area contributed by atoms with Crippen molar-refractivity contribution in [2.45, 2.75) is 29.4 Å². The molecule has 1 atom stereocenters. The molecule has 0 aromatic heterocycles. The number of rotatable bonds is 5. The predicted octanol–water partition coefficient (Wildman–Crippen LogP) is 3.57. The van der Waals surface area contributed by atoms with Crippen LogP contribution in [0.15, 0.2) is 0 Å². The van der Waals surface area contributed by atoms with Gasteiger partial charge in [-0.1, -0.05) is 41.7 Å². The van der Waals surface area contributed by atoms with E-state index in [1.165, 1.54) is 11.8 Å². The summed E-state index contributed by atoms with van der Waals surface area (Å²) in [6.45, 7) is 4.01. The molecule has 1 amide bonds. The fraction of sp³-hybridized carbons (Fsp3) is 0.875. The number of hydrogen-bond acceptors (Lipinski definition) is 3. The van der Waals surface area contributed by atoms with E-state index in [4.69, 9.17) is 39.5 Å². The monoisotopic (exact) mass is 293 g/mol. The molecule has 0 fully saturated rings. The van der Waals surface area contributed by atoms with Gasteiger partial charge in [0.1, 0.15) is 5.37 Å². The normalized spacial score (nSPS) is 13.4. The summed E-state index contributed by atoms with van der Waals surface area (Å²) in [5.41, 5.74) is 0. The standard InChI is InChI=1S/C8H14Cl3NO2S/c1-3-5-15-6(8(9,10)11)12-7(13)14-4-2/h6H,3-5H2,1-2H3,(H,12,13)/t6-/m0/s1. The molecule has 90 valence electrons. The third kappa shape index (κ3) is 7.39. The van der Waals surface area contributed by atoms with Crippen LogP contribution in [-0.4, -0.2) is 27.6 Å². The van der Waals surface area contributed by atoms with Gasteiger partial charge in [0.2, 0.25) is 3.79 Å². The summed E-state index contributed by atoms with van der Waals surface area (Å²) < 4.78 is 3.17. The van der Waals surface area contributed by atoms with Crippen LogP contribution in [0.1, 0.15) is 20.3 Å². The van der Waals surface area contributed by atoms with Gasteiger partial charge in [0, 0.05) is 0 Å². The van der Waals surface area contributed by atoms with Gasteiger partial charge in [-0.3, -0.25) is 0 Å². The Labute approximate surface area is 109 Å². The molecule has 15 heavy (non-hydrogen) atoms. The molecule has 0 aliphatic carbocycles. The Morgan fingerprint density at radius 1 is 1.47 bits per heavy atom. The molecule has 0 saturated heterocycles. The Balaban J connectivity index is 4.18. The second kappa shape index (κ2) is 7.71. The molecule has 0 unspecified atom stereocenters. The molecule has 0 aromatic rings.